The Hall–Kier alpha value is -4.10. The molecule has 1 atom stereocenters. The molecule has 26 heteroatoms. The molecule has 2 saturated heterocycles. The van der Waals surface area contributed by atoms with E-state index in [2.05, 4.69) is 24.7 Å². The Kier molecular flexibility index (Phi) is 9.87. The summed E-state index contributed by atoms with van der Waals surface area (Å²) in [5, 5.41) is 20.6. The van der Waals surface area contributed by atoms with E-state index >= 15 is 0 Å². The van der Waals surface area contributed by atoms with Gasteiger partial charge in [0.2, 0.25) is 11.8 Å². The summed E-state index contributed by atoms with van der Waals surface area (Å²) in [4.78, 5) is 8.59. The van der Waals surface area contributed by atoms with E-state index in [1.807, 2.05) is 4.74 Å². The van der Waals surface area contributed by atoms with Gasteiger partial charge in [-0.15, -0.1) is 0 Å². The van der Waals surface area contributed by atoms with Crippen LogP contribution in [0.25, 0.3) is 0 Å². The lowest BCUT2D eigenvalue weighted by Gasteiger charge is -2.25. The second kappa shape index (κ2) is 11.9. The van der Waals surface area contributed by atoms with Crippen molar-refractivity contribution in [3.8, 4) is 0 Å². The van der Waals surface area contributed by atoms with E-state index in [-0.39, 0.29) is 17.0 Å². The molecule has 0 bridgehead atoms. The number of nitrogens with two attached hydrogens (primary N) is 2. The molecule has 2 fully saturated rings. The quantitative estimate of drug-likeness (QED) is 0.130. The second-order valence-corrected chi connectivity index (χ2v) is 8.65. The first-order valence-electron chi connectivity index (χ1n) is 11.1. The maximum Gasteiger partial charge on any atom is 0.430 e. The lowest BCUT2D eigenvalue weighted by molar-refractivity contribution is -0.365. The molecule has 1 aromatic carbocycles. The molecular formula is C20H14F16N6O4. The summed E-state index contributed by atoms with van der Waals surface area (Å²) in [6.45, 7) is -1.21. The molecule has 0 aliphatic carbocycles. The van der Waals surface area contributed by atoms with Gasteiger partial charge in [-0.3, -0.25) is 15.6 Å². The van der Waals surface area contributed by atoms with Gasteiger partial charge in [0.25, 0.3) is 5.85 Å². The zero-order valence-electron chi connectivity index (χ0n) is 21.5. The second-order valence-electron chi connectivity index (χ2n) is 8.65. The fourth-order valence-electron chi connectivity index (χ4n) is 2.94. The van der Waals surface area contributed by atoms with Crippen LogP contribution in [0, 0.1) is 10.8 Å². The molecule has 0 radical (unpaired) electrons. The number of hydrogen-bond donors (Lipinski definition) is 4. The number of nitrogens with one attached hydrogen (secondary N) is 2. The van der Waals surface area contributed by atoms with Crippen LogP contribution in [0.5, 0.6) is 0 Å². The number of rotatable bonds is 7. The number of hydrogen-bond acceptors (Lipinski definition) is 8. The van der Waals surface area contributed by atoms with Gasteiger partial charge in [-0.1, -0.05) is 34.6 Å². The molecule has 260 valence electrons. The van der Waals surface area contributed by atoms with E-state index in [9.17, 15) is 70.2 Å². The van der Waals surface area contributed by atoms with E-state index in [0.29, 0.717) is 0 Å². The third kappa shape index (κ3) is 6.43. The summed E-state index contributed by atoms with van der Waals surface area (Å²) in [5.74, 6) is -32.7. The van der Waals surface area contributed by atoms with Crippen LogP contribution in [0.2, 0.25) is 0 Å². The molecular weight excluding hydrogens is 692 g/mol. The van der Waals surface area contributed by atoms with Gasteiger partial charge in [0.1, 0.15) is 0 Å². The molecule has 0 spiro atoms. The summed E-state index contributed by atoms with van der Waals surface area (Å²) in [5.41, 5.74) is 11.4. The average molecular weight is 706 g/mol. The summed E-state index contributed by atoms with van der Waals surface area (Å²) < 4.78 is 205. The van der Waals surface area contributed by atoms with Gasteiger partial charge in [0, 0.05) is 11.1 Å². The highest BCUT2D eigenvalue weighted by molar-refractivity contribution is 6.00. The normalized spacial score (nSPS) is 26.4. The molecule has 2 heterocycles. The number of halogens is 16. The zero-order chi connectivity index (χ0) is 35.9. The van der Waals surface area contributed by atoms with E-state index in [1.165, 1.54) is 24.3 Å². The first-order valence-corrected chi connectivity index (χ1v) is 11.1. The van der Waals surface area contributed by atoms with Gasteiger partial charge in [-0.05, 0) is 0 Å². The maximum absolute atomic E-state index is 14.1. The Morgan fingerprint density at radius 3 is 1.20 bits per heavy atom. The smallest absolute Gasteiger partial charge is 0.380 e. The minimum atomic E-state index is -6.22. The SMILES string of the molecule is FC1(F)OC(F)(F)C(F)(F)C1(F)F.N=C(CF)ON=C(N)c1ccc(C(N)=NOC(=N)CC2(F)OC(F)(F)C(F)(F)C2(F)F)cc1. The Morgan fingerprint density at radius 2 is 0.913 bits per heavy atom. The van der Waals surface area contributed by atoms with Crippen LogP contribution in [0.3, 0.4) is 0 Å². The zero-order valence-corrected chi connectivity index (χ0v) is 21.5. The molecule has 10 nitrogen and oxygen atoms in total. The molecule has 2 aliphatic rings. The number of alkyl halides is 16. The average Bonchev–Trinajstić information content (AvgIpc) is 3.07. The highest BCUT2D eigenvalue weighted by atomic mass is 19.4. The monoisotopic (exact) mass is 706 g/mol. The van der Waals surface area contributed by atoms with Crippen LogP contribution in [0.1, 0.15) is 17.5 Å². The molecule has 0 aromatic heterocycles. The highest BCUT2D eigenvalue weighted by Crippen LogP contribution is 2.62. The minimum Gasteiger partial charge on any atom is -0.380 e. The Bertz CT molecular complexity index is 1360. The van der Waals surface area contributed by atoms with Crippen molar-refractivity contribution in [3.05, 3.63) is 35.4 Å². The van der Waals surface area contributed by atoms with Gasteiger partial charge < -0.3 is 21.1 Å². The summed E-state index contributed by atoms with van der Waals surface area (Å²) in [7, 11) is 0. The molecule has 3 rings (SSSR count). The van der Waals surface area contributed by atoms with Crippen molar-refractivity contribution in [1.29, 1.82) is 10.8 Å². The first kappa shape index (κ1) is 38.1. The summed E-state index contributed by atoms with van der Waals surface area (Å²) in [6.07, 6.45) is -19.7. The van der Waals surface area contributed by atoms with Crippen LogP contribution in [0.4, 0.5) is 70.2 Å². The first-order chi connectivity index (χ1) is 20.5. The van der Waals surface area contributed by atoms with Crippen molar-refractivity contribution in [2.45, 2.75) is 54.3 Å². The molecule has 0 amide bonds. The molecule has 46 heavy (non-hydrogen) atoms. The predicted molar refractivity (Wildman–Crippen MR) is 117 cm³/mol. The fraction of sp³-hybridized carbons (Fsp3) is 0.500. The molecule has 1 unspecified atom stereocenters. The van der Waals surface area contributed by atoms with Crippen LogP contribution in [-0.2, 0) is 19.1 Å². The van der Waals surface area contributed by atoms with Gasteiger partial charge in [0.15, 0.2) is 18.3 Å². The Balaban J connectivity index is 0.000000471. The van der Waals surface area contributed by atoms with Crippen LogP contribution in [0.15, 0.2) is 34.6 Å². The number of nitrogens with zero attached hydrogens (tertiary/aromatic N) is 2. The predicted octanol–water partition coefficient (Wildman–Crippen LogP) is 5.31. The largest absolute Gasteiger partial charge is 0.430 e. The van der Waals surface area contributed by atoms with Gasteiger partial charge in [-0.25, -0.2) is 13.5 Å². The van der Waals surface area contributed by atoms with Crippen molar-refractivity contribution >= 4 is 23.5 Å². The number of oxime groups is 2. The van der Waals surface area contributed by atoms with Gasteiger partial charge in [-0.2, -0.15) is 61.5 Å². The van der Waals surface area contributed by atoms with Crippen LogP contribution in [-0.4, -0.2) is 78.0 Å². The lowest BCUT2D eigenvalue weighted by Crippen LogP contribution is -2.53. The van der Waals surface area contributed by atoms with Crippen molar-refractivity contribution in [2.75, 3.05) is 6.67 Å². The highest BCUT2D eigenvalue weighted by Gasteiger charge is 2.91. The van der Waals surface area contributed by atoms with E-state index in [4.69, 9.17) is 22.3 Å². The van der Waals surface area contributed by atoms with Crippen molar-refractivity contribution in [3.63, 3.8) is 0 Å². The van der Waals surface area contributed by atoms with Crippen molar-refractivity contribution in [1.82, 2.24) is 0 Å². The van der Waals surface area contributed by atoms with Gasteiger partial charge in [0.05, 0.1) is 6.42 Å². The van der Waals surface area contributed by atoms with E-state index < -0.39 is 78.6 Å². The summed E-state index contributed by atoms with van der Waals surface area (Å²) >= 11 is 0. The summed E-state index contributed by atoms with van der Waals surface area (Å²) in [6, 6.07) is 5.07. The topological polar surface area (TPSA) is 161 Å². The van der Waals surface area contributed by atoms with E-state index in [0.717, 1.165) is 0 Å². The maximum atomic E-state index is 14.1. The molecule has 6 N–H and O–H groups in total. The minimum absolute atomic E-state index is 0.0623. The number of amidine groups is 2. The number of ether oxygens (including phenoxy) is 2. The molecule has 0 saturated carbocycles. The van der Waals surface area contributed by atoms with Gasteiger partial charge >= 0.3 is 42.0 Å². The lowest BCUT2D eigenvalue weighted by atomic mass is 10.0. The van der Waals surface area contributed by atoms with E-state index in [1.54, 1.807) is 0 Å². The molecule has 2 aliphatic heterocycles. The molecule has 1 aromatic rings. The van der Waals surface area contributed by atoms with Crippen molar-refractivity contribution < 1.29 is 89.4 Å². The fourth-order valence-corrected chi connectivity index (χ4v) is 2.94. The van der Waals surface area contributed by atoms with Crippen molar-refractivity contribution in [2.24, 2.45) is 21.8 Å². The Morgan fingerprint density at radius 1 is 0.587 bits per heavy atom. The third-order valence-corrected chi connectivity index (χ3v) is 5.39. The Labute approximate surface area is 242 Å². The number of benzene rings is 1. The third-order valence-electron chi connectivity index (χ3n) is 5.39. The van der Waals surface area contributed by atoms with Crippen LogP contribution < -0.4 is 11.5 Å². The van der Waals surface area contributed by atoms with Crippen LogP contribution >= 0.6 is 0 Å². The standard InChI is InChI=1S/C16H14F8N6O3.C4F8O/c17-6-10(26)32-30-12(28)8-3-1-7(2-4-8)11(27)29-31-9(25)5-13(18)14(19,20)15(21,22)16(23,24)33-13;5-1(6)2(7,8)4(11,12)13-3(1,9)10/h1-4,25-26H,5-6H2,(H2,27,29)(H2,28,30);.